The minimum absolute atomic E-state index is 0.0128. The molecule has 0 bridgehead atoms. The van der Waals surface area contributed by atoms with Crippen molar-refractivity contribution in [3.8, 4) is 0 Å². The SMILES string of the molecule is CC(=O)NCC(=O)N1CC(N2CCc3ccccc3C2)C1. The van der Waals surface area contributed by atoms with E-state index in [0.29, 0.717) is 6.04 Å². The van der Waals surface area contributed by atoms with Gasteiger partial charge in [0.05, 0.1) is 6.54 Å². The number of hydrogen-bond donors (Lipinski definition) is 1. The van der Waals surface area contributed by atoms with Crippen LogP contribution in [0.15, 0.2) is 24.3 Å². The summed E-state index contributed by atoms with van der Waals surface area (Å²) in [6, 6.07) is 9.04. The number of nitrogens with zero attached hydrogens (tertiary/aromatic N) is 2. The topological polar surface area (TPSA) is 52.7 Å². The van der Waals surface area contributed by atoms with Crippen LogP contribution in [0.5, 0.6) is 0 Å². The molecule has 2 amide bonds. The Morgan fingerprint density at radius 2 is 1.95 bits per heavy atom. The molecule has 1 fully saturated rings. The average Bonchev–Trinajstić information content (AvgIpc) is 2.43. The lowest BCUT2D eigenvalue weighted by molar-refractivity contribution is -0.139. The van der Waals surface area contributed by atoms with E-state index in [9.17, 15) is 9.59 Å². The normalized spacial score (nSPS) is 18.8. The number of hydrogen-bond acceptors (Lipinski definition) is 3. The first-order valence-corrected chi connectivity index (χ1v) is 7.46. The molecule has 0 radical (unpaired) electrons. The Bertz CT molecular complexity index is 552. The van der Waals surface area contributed by atoms with Gasteiger partial charge in [-0.1, -0.05) is 24.3 Å². The highest BCUT2D eigenvalue weighted by Crippen LogP contribution is 2.24. The second-order valence-electron chi connectivity index (χ2n) is 5.85. The predicted molar refractivity (Wildman–Crippen MR) is 79.6 cm³/mol. The summed E-state index contributed by atoms with van der Waals surface area (Å²) in [5.41, 5.74) is 2.86. The minimum atomic E-state index is -0.159. The summed E-state index contributed by atoms with van der Waals surface area (Å²) >= 11 is 0. The largest absolute Gasteiger partial charge is 0.347 e. The Hall–Kier alpha value is -1.88. The summed E-state index contributed by atoms with van der Waals surface area (Å²) in [4.78, 5) is 26.9. The lowest BCUT2D eigenvalue weighted by Crippen LogP contribution is -2.62. The number of nitrogens with one attached hydrogen (secondary N) is 1. The van der Waals surface area contributed by atoms with Crippen molar-refractivity contribution in [2.75, 3.05) is 26.2 Å². The summed E-state index contributed by atoms with van der Waals surface area (Å²) in [6.45, 7) is 5.15. The smallest absolute Gasteiger partial charge is 0.242 e. The molecule has 0 saturated carbocycles. The second-order valence-corrected chi connectivity index (χ2v) is 5.85. The van der Waals surface area contributed by atoms with E-state index in [0.717, 1.165) is 32.6 Å². The van der Waals surface area contributed by atoms with Crippen molar-refractivity contribution < 1.29 is 9.59 Å². The molecule has 21 heavy (non-hydrogen) atoms. The van der Waals surface area contributed by atoms with E-state index in [1.165, 1.54) is 18.1 Å². The summed E-state index contributed by atoms with van der Waals surface area (Å²) in [5.74, 6) is -0.146. The molecule has 1 aromatic carbocycles. The Kier molecular flexibility index (Phi) is 3.92. The number of benzene rings is 1. The third-order valence-electron chi connectivity index (χ3n) is 4.38. The zero-order valence-corrected chi connectivity index (χ0v) is 12.3. The maximum atomic E-state index is 11.8. The van der Waals surface area contributed by atoms with Crippen LogP contribution in [0.1, 0.15) is 18.1 Å². The first kappa shape index (κ1) is 14.1. The predicted octanol–water partition coefficient (Wildman–Crippen LogP) is 0.392. The van der Waals surface area contributed by atoms with Gasteiger partial charge in [-0.2, -0.15) is 0 Å². The maximum absolute atomic E-state index is 11.8. The number of amides is 2. The van der Waals surface area contributed by atoms with Crippen LogP contribution in [0, 0.1) is 0 Å². The monoisotopic (exact) mass is 287 g/mol. The first-order valence-electron chi connectivity index (χ1n) is 7.46. The van der Waals surface area contributed by atoms with Crippen LogP contribution in [0.25, 0.3) is 0 Å². The molecule has 5 heteroatoms. The molecular weight excluding hydrogens is 266 g/mol. The molecule has 0 atom stereocenters. The summed E-state index contributed by atoms with van der Waals surface area (Å²) in [7, 11) is 0. The molecule has 1 N–H and O–H groups in total. The van der Waals surface area contributed by atoms with E-state index in [1.807, 2.05) is 4.90 Å². The summed E-state index contributed by atoms with van der Waals surface area (Å²) in [5, 5.41) is 2.56. The van der Waals surface area contributed by atoms with Crippen molar-refractivity contribution in [3.63, 3.8) is 0 Å². The molecule has 1 saturated heterocycles. The van der Waals surface area contributed by atoms with Crippen LogP contribution in [0.4, 0.5) is 0 Å². The van der Waals surface area contributed by atoms with Crippen molar-refractivity contribution in [3.05, 3.63) is 35.4 Å². The van der Waals surface area contributed by atoms with Crippen molar-refractivity contribution in [2.45, 2.75) is 25.9 Å². The van der Waals surface area contributed by atoms with E-state index in [1.54, 1.807) is 0 Å². The third-order valence-corrected chi connectivity index (χ3v) is 4.38. The van der Waals surface area contributed by atoms with Crippen LogP contribution in [0.2, 0.25) is 0 Å². The fourth-order valence-electron chi connectivity index (χ4n) is 3.03. The minimum Gasteiger partial charge on any atom is -0.347 e. The number of carbonyl (C=O) groups is 2. The van der Waals surface area contributed by atoms with Gasteiger partial charge in [-0.25, -0.2) is 0 Å². The molecule has 3 rings (SSSR count). The van der Waals surface area contributed by atoms with Gasteiger partial charge in [0.2, 0.25) is 11.8 Å². The first-order chi connectivity index (χ1) is 10.1. The lowest BCUT2D eigenvalue weighted by Gasteiger charge is -2.47. The fraction of sp³-hybridized carbons (Fsp3) is 0.500. The molecular formula is C16H21N3O2. The van der Waals surface area contributed by atoms with E-state index >= 15 is 0 Å². The average molecular weight is 287 g/mol. The maximum Gasteiger partial charge on any atom is 0.242 e. The van der Waals surface area contributed by atoms with Crippen LogP contribution in [0.3, 0.4) is 0 Å². The highest BCUT2D eigenvalue weighted by molar-refractivity contribution is 5.84. The van der Waals surface area contributed by atoms with Crippen LogP contribution >= 0.6 is 0 Å². The van der Waals surface area contributed by atoms with Crippen LogP contribution in [-0.2, 0) is 22.6 Å². The van der Waals surface area contributed by atoms with E-state index < -0.39 is 0 Å². The van der Waals surface area contributed by atoms with Gasteiger partial charge in [0.25, 0.3) is 0 Å². The van der Waals surface area contributed by atoms with Gasteiger partial charge < -0.3 is 10.2 Å². The van der Waals surface area contributed by atoms with Gasteiger partial charge in [-0.05, 0) is 17.5 Å². The molecule has 1 aromatic rings. The van der Waals surface area contributed by atoms with Gasteiger partial charge in [-0.3, -0.25) is 14.5 Å². The lowest BCUT2D eigenvalue weighted by atomic mass is 9.96. The van der Waals surface area contributed by atoms with Gasteiger partial charge in [0.15, 0.2) is 0 Å². The van der Waals surface area contributed by atoms with E-state index in [-0.39, 0.29) is 18.4 Å². The van der Waals surface area contributed by atoms with Crippen molar-refractivity contribution in [1.29, 1.82) is 0 Å². The highest BCUT2D eigenvalue weighted by Gasteiger charge is 2.35. The molecule has 112 valence electrons. The zero-order chi connectivity index (χ0) is 14.8. The molecule has 0 spiro atoms. The summed E-state index contributed by atoms with van der Waals surface area (Å²) < 4.78 is 0. The van der Waals surface area contributed by atoms with Crippen LogP contribution < -0.4 is 5.32 Å². The fourth-order valence-corrected chi connectivity index (χ4v) is 3.03. The number of fused-ring (bicyclic) bond motifs is 1. The molecule has 0 unspecified atom stereocenters. The van der Waals surface area contributed by atoms with Crippen LogP contribution in [-0.4, -0.2) is 53.8 Å². The summed E-state index contributed by atoms with van der Waals surface area (Å²) in [6.07, 6.45) is 1.09. The van der Waals surface area contributed by atoms with Gasteiger partial charge >= 0.3 is 0 Å². The van der Waals surface area contributed by atoms with Crippen molar-refractivity contribution in [1.82, 2.24) is 15.1 Å². The Morgan fingerprint density at radius 1 is 1.24 bits per heavy atom. The second kappa shape index (κ2) is 5.85. The quantitative estimate of drug-likeness (QED) is 0.875. The van der Waals surface area contributed by atoms with Gasteiger partial charge in [-0.15, -0.1) is 0 Å². The Balaban J connectivity index is 1.49. The van der Waals surface area contributed by atoms with Crippen molar-refractivity contribution >= 4 is 11.8 Å². The number of likely N-dealkylation sites (tertiary alicyclic amines) is 1. The third kappa shape index (κ3) is 3.08. The molecule has 0 aliphatic carbocycles. The molecule has 2 heterocycles. The molecule has 2 aliphatic rings. The van der Waals surface area contributed by atoms with Crippen molar-refractivity contribution in [2.24, 2.45) is 0 Å². The molecule has 5 nitrogen and oxygen atoms in total. The molecule has 0 aromatic heterocycles. The highest BCUT2D eigenvalue weighted by atomic mass is 16.2. The van der Waals surface area contributed by atoms with Gasteiger partial charge in [0.1, 0.15) is 0 Å². The molecule has 2 aliphatic heterocycles. The zero-order valence-electron chi connectivity index (χ0n) is 12.3. The van der Waals surface area contributed by atoms with Gasteiger partial charge in [0, 0.05) is 39.1 Å². The number of rotatable bonds is 3. The Labute approximate surface area is 124 Å². The Morgan fingerprint density at radius 3 is 2.67 bits per heavy atom. The van der Waals surface area contributed by atoms with E-state index in [2.05, 4.69) is 34.5 Å². The number of carbonyl (C=O) groups excluding carboxylic acids is 2. The standard InChI is InChI=1S/C16H21N3O2/c1-12(20)17-8-16(21)19-10-15(11-19)18-7-6-13-4-2-3-5-14(13)9-18/h2-5,15H,6-11H2,1H3,(H,17,20). The van der Waals surface area contributed by atoms with E-state index in [4.69, 9.17) is 0 Å².